The van der Waals surface area contributed by atoms with Gasteiger partial charge in [-0.25, -0.2) is 0 Å². The zero-order valence-corrected chi connectivity index (χ0v) is 19.6. The number of ether oxygens (including phenoxy) is 1. The standard InChI is InChI=1S/C25H38N4O3/c1-18(2)32-14-13-28-12-11-23(27-28)26-25(31)22(15-19-7-3-4-8-19)29-17-21(16-24(29)30)20-9-5-6-10-20/h11-12,16,18-20,22H,3-10,13-15,17H2,1-2H3,(H,26,27,31)/t22-/m0/s1. The Morgan fingerprint density at radius 2 is 1.91 bits per heavy atom. The van der Waals surface area contributed by atoms with Crippen molar-refractivity contribution < 1.29 is 14.3 Å². The zero-order chi connectivity index (χ0) is 22.5. The molecule has 176 valence electrons. The molecular formula is C25H38N4O3. The molecule has 2 heterocycles. The van der Waals surface area contributed by atoms with Crippen LogP contribution in [0.1, 0.15) is 71.6 Å². The van der Waals surface area contributed by atoms with Gasteiger partial charge in [0.2, 0.25) is 11.8 Å². The third-order valence-corrected chi connectivity index (χ3v) is 7.20. The second-order valence-corrected chi connectivity index (χ2v) is 9.94. The van der Waals surface area contributed by atoms with Crippen molar-refractivity contribution in [2.75, 3.05) is 18.5 Å². The number of hydrogen-bond donors (Lipinski definition) is 1. The molecule has 0 bridgehead atoms. The van der Waals surface area contributed by atoms with Crippen molar-refractivity contribution in [3.05, 3.63) is 23.9 Å². The average molecular weight is 443 g/mol. The second kappa shape index (κ2) is 10.6. The van der Waals surface area contributed by atoms with Gasteiger partial charge in [0, 0.05) is 24.9 Å². The van der Waals surface area contributed by atoms with Gasteiger partial charge in [0.05, 0.1) is 19.3 Å². The largest absolute Gasteiger partial charge is 0.377 e. The molecular weight excluding hydrogens is 404 g/mol. The molecule has 0 radical (unpaired) electrons. The van der Waals surface area contributed by atoms with Gasteiger partial charge < -0.3 is 15.0 Å². The molecule has 2 fully saturated rings. The van der Waals surface area contributed by atoms with Gasteiger partial charge in [0.25, 0.3) is 0 Å². The van der Waals surface area contributed by atoms with Gasteiger partial charge >= 0.3 is 0 Å². The van der Waals surface area contributed by atoms with Gasteiger partial charge in [-0.2, -0.15) is 5.10 Å². The van der Waals surface area contributed by atoms with Gasteiger partial charge in [-0.1, -0.05) is 38.5 Å². The van der Waals surface area contributed by atoms with Crippen LogP contribution in [0.2, 0.25) is 0 Å². The van der Waals surface area contributed by atoms with Crippen LogP contribution in [0.3, 0.4) is 0 Å². The van der Waals surface area contributed by atoms with E-state index in [4.69, 9.17) is 4.74 Å². The smallest absolute Gasteiger partial charge is 0.248 e. The monoisotopic (exact) mass is 442 g/mol. The van der Waals surface area contributed by atoms with E-state index < -0.39 is 6.04 Å². The van der Waals surface area contributed by atoms with E-state index >= 15 is 0 Å². The van der Waals surface area contributed by atoms with Crippen molar-refractivity contribution in [2.24, 2.45) is 11.8 Å². The van der Waals surface area contributed by atoms with Crippen LogP contribution in [0.25, 0.3) is 0 Å². The van der Waals surface area contributed by atoms with E-state index in [0.717, 1.165) is 19.3 Å². The van der Waals surface area contributed by atoms with Gasteiger partial charge in [-0.3, -0.25) is 14.3 Å². The summed E-state index contributed by atoms with van der Waals surface area (Å²) >= 11 is 0. The van der Waals surface area contributed by atoms with Crippen LogP contribution in [-0.2, 0) is 20.9 Å². The highest BCUT2D eigenvalue weighted by Gasteiger charge is 2.37. The van der Waals surface area contributed by atoms with E-state index in [1.807, 2.05) is 37.1 Å². The third-order valence-electron chi connectivity index (χ3n) is 7.20. The fourth-order valence-corrected chi connectivity index (χ4v) is 5.45. The maximum Gasteiger partial charge on any atom is 0.248 e. The Labute approximate surface area is 191 Å². The number of rotatable bonds is 10. The van der Waals surface area contributed by atoms with Crippen LogP contribution in [-0.4, -0.2) is 51.8 Å². The van der Waals surface area contributed by atoms with E-state index in [1.54, 1.807) is 4.68 Å². The number of amides is 2. The Kier molecular flexibility index (Phi) is 7.66. The van der Waals surface area contributed by atoms with Crippen LogP contribution in [0.4, 0.5) is 5.82 Å². The average Bonchev–Trinajstić information content (AvgIpc) is 3.54. The minimum Gasteiger partial charge on any atom is -0.377 e. The van der Waals surface area contributed by atoms with E-state index in [-0.39, 0.29) is 17.9 Å². The van der Waals surface area contributed by atoms with Gasteiger partial charge in [-0.05, 0) is 50.5 Å². The fraction of sp³-hybridized carbons (Fsp3) is 0.720. The number of carbonyl (C=O) groups excluding carboxylic acids is 2. The zero-order valence-electron chi connectivity index (χ0n) is 19.6. The molecule has 1 aromatic heterocycles. The van der Waals surface area contributed by atoms with Crippen LogP contribution in [0.15, 0.2) is 23.9 Å². The molecule has 1 atom stereocenters. The van der Waals surface area contributed by atoms with E-state index in [9.17, 15) is 9.59 Å². The molecule has 7 nitrogen and oxygen atoms in total. The predicted molar refractivity (Wildman–Crippen MR) is 124 cm³/mol. The first-order valence-corrected chi connectivity index (χ1v) is 12.5. The van der Waals surface area contributed by atoms with E-state index in [2.05, 4.69) is 10.4 Å². The summed E-state index contributed by atoms with van der Waals surface area (Å²) in [5.41, 5.74) is 1.23. The van der Waals surface area contributed by atoms with E-state index in [0.29, 0.717) is 37.4 Å². The van der Waals surface area contributed by atoms with Gasteiger partial charge in [-0.15, -0.1) is 0 Å². The minimum atomic E-state index is -0.435. The molecule has 7 heteroatoms. The lowest BCUT2D eigenvalue weighted by Crippen LogP contribution is -2.46. The molecule has 0 aromatic carbocycles. The van der Waals surface area contributed by atoms with Gasteiger partial charge in [0.1, 0.15) is 6.04 Å². The van der Waals surface area contributed by atoms with E-state index in [1.165, 1.54) is 44.1 Å². The number of nitrogens with one attached hydrogen (secondary N) is 1. The molecule has 1 aliphatic heterocycles. The Hall–Kier alpha value is -2.15. The summed E-state index contributed by atoms with van der Waals surface area (Å²) in [7, 11) is 0. The molecule has 1 N–H and O–H groups in total. The Balaban J connectivity index is 1.40. The molecule has 0 spiro atoms. The fourth-order valence-electron chi connectivity index (χ4n) is 5.45. The highest BCUT2D eigenvalue weighted by atomic mass is 16.5. The van der Waals surface area contributed by atoms with Crippen LogP contribution in [0, 0.1) is 11.8 Å². The van der Waals surface area contributed by atoms with Crippen molar-refractivity contribution in [2.45, 2.75) is 90.3 Å². The van der Waals surface area contributed by atoms with Crippen molar-refractivity contribution in [3.8, 4) is 0 Å². The van der Waals surface area contributed by atoms with Gasteiger partial charge in [0.15, 0.2) is 5.82 Å². The van der Waals surface area contributed by atoms with Crippen LogP contribution >= 0.6 is 0 Å². The summed E-state index contributed by atoms with van der Waals surface area (Å²) in [6.45, 7) is 5.83. The maximum absolute atomic E-state index is 13.4. The predicted octanol–water partition coefficient (Wildman–Crippen LogP) is 4.15. The molecule has 1 aromatic rings. The van der Waals surface area contributed by atoms with Crippen LogP contribution in [0.5, 0.6) is 0 Å². The summed E-state index contributed by atoms with van der Waals surface area (Å²) in [6.07, 6.45) is 14.2. The number of hydrogen-bond acceptors (Lipinski definition) is 4. The van der Waals surface area contributed by atoms with Crippen molar-refractivity contribution in [1.29, 1.82) is 0 Å². The molecule has 2 aliphatic carbocycles. The highest BCUT2D eigenvalue weighted by molar-refractivity contribution is 6.00. The SMILES string of the molecule is CC(C)OCCn1ccc(NC(=O)[C@H](CC2CCCC2)N2CC(C3CCCC3)=CC2=O)n1. The van der Waals surface area contributed by atoms with Crippen molar-refractivity contribution >= 4 is 17.6 Å². The van der Waals surface area contributed by atoms with Crippen molar-refractivity contribution in [3.63, 3.8) is 0 Å². The molecule has 0 saturated heterocycles. The molecule has 2 amide bonds. The third kappa shape index (κ3) is 5.80. The molecule has 3 aliphatic rings. The number of nitrogens with zero attached hydrogens (tertiary/aromatic N) is 3. The van der Waals surface area contributed by atoms with Crippen molar-refractivity contribution in [1.82, 2.24) is 14.7 Å². The van der Waals surface area contributed by atoms with Crippen LogP contribution < -0.4 is 5.32 Å². The first-order valence-electron chi connectivity index (χ1n) is 12.5. The Bertz CT molecular complexity index is 819. The Morgan fingerprint density at radius 1 is 1.19 bits per heavy atom. The number of anilines is 1. The first kappa shape index (κ1) is 23.0. The summed E-state index contributed by atoms with van der Waals surface area (Å²) in [5, 5.41) is 7.46. The normalized spacial score (nSPS) is 21.0. The summed E-state index contributed by atoms with van der Waals surface area (Å²) in [6, 6.07) is 1.38. The number of aromatic nitrogens is 2. The molecule has 32 heavy (non-hydrogen) atoms. The first-order chi connectivity index (χ1) is 15.5. The molecule has 2 saturated carbocycles. The minimum absolute atomic E-state index is 0.00131. The lowest BCUT2D eigenvalue weighted by Gasteiger charge is -2.29. The summed E-state index contributed by atoms with van der Waals surface area (Å²) < 4.78 is 7.36. The molecule has 4 rings (SSSR count). The topological polar surface area (TPSA) is 76.5 Å². The lowest BCUT2D eigenvalue weighted by molar-refractivity contribution is -0.133. The maximum atomic E-state index is 13.4. The summed E-state index contributed by atoms with van der Waals surface area (Å²) in [4.78, 5) is 28.1. The quantitative estimate of drug-likeness (QED) is 0.590. The number of carbonyl (C=O) groups is 2. The highest BCUT2D eigenvalue weighted by Crippen LogP contribution is 2.36. The molecule has 0 unspecified atom stereocenters. The Morgan fingerprint density at radius 3 is 2.62 bits per heavy atom. The second-order valence-electron chi connectivity index (χ2n) is 9.94. The lowest BCUT2D eigenvalue weighted by atomic mass is 9.95. The summed E-state index contributed by atoms with van der Waals surface area (Å²) in [5.74, 6) is 1.45.